The molecule has 3 rings (SSSR count). The summed E-state index contributed by atoms with van der Waals surface area (Å²) < 4.78 is 41.2. The highest BCUT2D eigenvalue weighted by Crippen LogP contribution is 2.31. The molecule has 2 aromatic carbocycles. The highest BCUT2D eigenvalue weighted by Gasteiger charge is 2.31. The van der Waals surface area contributed by atoms with Crippen LogP contribution in [0.3, 0.4) is 0 Å². The molecule has 1 atom stereocenters. The van der Waals surface area contributed by atoms with Gasteiger partial charge in [-0.25, -0.2) is 4.98 Å². The van der Waals surface area contributed by atoms with Gasteiger partial charge in [-0.05, 0) is 24.1 Å². The molecule has 0 unspecified atom stereocenters. The maximum Gasteiger partial charge on any atom is 0.573 e. The number of halogens is 3. The lowest BCUT2D eigenvalue weighted by Gasteiger charge is -2.10. The molecule has 1 amide bonds. The quantitative estimate of drug-likeness (QED) is 0.706. The lowest BCUT2D eigenvalue weighted by atomic mass is 10.1. The van der Waals surface area contributed by atoms with Crippen LogP contribution in [0.15, 0.2) is 48.5 Å². The third kappa shape index (κ3) is 4.70. The molecule has 0 aliphatic carbocycles. The Morgan fingerprint density at radius 2 is 1.96 bits per heavy atom. The Balaban J connectivity index is 1.69. The van der Waals surface area contributed by atoms with E-state index in [1.807, 2.05) is 30.3 Å². The molecule has 0 saturated heterocycles. The van der Waals surface area contributed by atoms with Gasteiger partial charge in [-0.3, -0.25) is 4.79 Å². The van der Waals surface area contributed by atoms with Crippen molar-refractivity contribution in [2.24, 2.45) is 5.73 Å². The van der Waals surface area contributed by atoms with E-state index in [9.17, 15) is 18.0 Å². The Morgan fingerprint density at radius 3 is 2.65 bits per heavy atom. The number of benzene rings is 2. The van der Waals surface area contributed by atoms with Gasteiger partial charge in [0.15, 0.2) is 5.13 Å². The SMILES string of the molecule is N[C@H](Cc1ccccc1)C(=O)Nc1nc2ccc(OC(F)(F)F)cc2s1. The highest BCUT2D eigenvalue weighted by molar-refractivity contribution is 7.22. The number of hydrogen-bond acceptors (Lipinski definition) is 5. The van der Waals surface area contributed by atoms with E-state index in [4.69, 9.17) is 5.73 Å². The number of rotatable bonds is 5. The molecular formula is C17H14F3N3O2S. The smallest absolute Gasteiger partial charge is 0.406 e. The van der Waals surface area contributed by atoms with Gasteiger partial charge in [0, 0.05) is 6.07 Å². The number of thiazole rings is 1. The van der Waals surface area contributed by atoms with Crippen LogP contribution < -0.4 is 15.8 Å². The van der Waals surface area contributed by atoms with Crippen LogP contribution >= 0.6 is 11.3 Å². The molecule has 26 heavy (non-hydrogen) atoms. The fourth-order valence-electron chi connectivity index (χ4n) is 2.31. The molecule has 0 radical (unpaired) electrons. The summed E-state index contributed by atoms with van der Waals surface area (Å²) in [4.78, 5) is 16.4. The van der Waals surface area contributed by atoms with Gasteiger partial charge in [0.05, 0.1) is 16.3 Å². The Bertz CT molecular complexity index is 913. The summed E-state index contributed by atoms with van der Waals surface area (Å²) in [5.41, 5.74) is 7.28. The van der Waals surface area contributed by atoms with Gasteiger partial charge in [0.2, 0.25) is 5.91 Å². The number of aromatic nitrogens is 1. The van der Waals surface area contributed by atoms with Crippen LogP contribution in [0, 0.1) is 0 Å². The van der Waals surface area contributed by atoms with Crippen LogP contribution in [0.2, 0.25) is 0 Å². The van der Waals surface area contributed by atoms with Crippen molar-refractivity contribution in [1.29, 1.82) is 0 Å². The first-order chi connectivity index (χ1) is 12.3. The maximum absolute atomic E-state index is 12.3. The topological polar surface area (TPSA) is 77.2 Å². The normalized spacial score (nSPS) is 12.8. The van der Waals surface area contributed by atoms with Crippen LogP contribution in [0.25, 0.3) is 10.2 Å². The first-order valence-electron chi connectivity index (χ1n) is 7.57. The Labute approximate surface area is 150 Å². The zero-order valence-corrected chi connectivity index (χ0v) is 14.1. The van der Waals surface area contributed by atoms with Crippen LogP contribution in [0.4, 0.5) is 18.3 Å². The van der Waals surface area contributed by atoms with E-state index in [2.05, 4.69) is 15.0 Å². The van der Waals surface area contributed by atoms with E-state index in [-0.39, 0.29) is 10.9 Å². The number of carbonyl (C=O) groups is 1. The molecule has 9 heteroatoms. The van der Waals surface area contributed by atoms with Gasteiger partial charge in [-0.15, -0.1) is 13.2 Å². The van der Waals surface area contributed by atoms with Crippen molar-refractivity contribution in [3.05, 3.63) is 54.1 Å². The van der Waals surface area contributed by atoms with E-state index >= 15 is 0 Å². The lowest BCUT2D eigenvalue weighted by molar-refractivity contribution is -0.274. The minimum absolute atomic E-state index is 0.262. The monoisotopic (exact) mass is 381 g/mol. The molecule has 1 aromatic heterocycles. The number of ether oxygens (including phenoxy) is 1. The van der Waals surface area contributed by atoms with Crippen molar-refractivity contribution in [1.82, 2.24) is 4.98 Å². The number of anilines is 1. The number of carbonyl (C=O) groups excluding carboxylic acids is 1. The maximum atomic E-state index is 12.3. The summed E-state index contributed by atoms with van der Waals surface area (Å²) in [6, 6.07) is 12.3. The Hall–Kier alpha value is -2.65. The van der Waals surface area contributed by atoms with Crippen LogP contribution in [0.1, 0.15) is 5.56 Å². The number of alkyl halides is 3. The molecule has 3 aromatic rings. The number of amides is 1. The summed E-state index contributed by atoms with van der Waals surface area (Å²) in [5.74, 6) is -0.757. The van der Waals surface area contributed by atoms with Crippen molar-refractivity contribution >= 4 is 32.6 Å². The molecule has 0 aliphatic rings. The van der Waals surface area contributed by atoms with Gasteiger partial charge in [0.25, 0.3) is 0 Å². The van der Waals surface area contributed by atoms with E-state index in [1.54, 1.807) is 0 Å². The van der Waals surface area contributed by atoms with Gasteiger partial charge < -0.3 is 15.8 Å². The van der Waals surface area contributed by atoms with Crippen molar-refractivity contribution < 1.29 is 22.7 Å². The fraction of sp³-hybridized carbons (Fsp3) is 0.176. The summed E-state index contributed by atoms with van der Waals surface area (Å²) >= 11 is 1.04. The van der Waals surface area contributed by atoms with Crippen molar-refractivity contribution in [2.75, 3.05) is 5.32 Å². The van der Waals surface area contributed by atoms with Gasteiger partial charge in [0.1, 0.15) is 5.75 Å². The zero-order chi connectivity index (χ0) is 18.7. The summed E-state index contributed by atoms with van der Waals surface area (Å²) in [6.45, 7) is 0. The first kappa shape index (κ1) is 18.2. The average molecular weight is 381 g/mol. The molecule has 0 bridgehead atoms. The van der Waals surface area contributed by atoms with Crippen molar-refractivity contribution in [2.45, 2.75) is 18.8 Å². The highest BCUT2D eigenvalue weighted by atomic mass is 32.1. The summed E-state index contributed by atoms with van der Waals surface area (Å²) in [5, 5.41) is 2.86. The molecule has 0 aliphatic heterocycles. The molecular weight excluding hydrogens is 367 g/mol. The third-order valence-corrected chi connectivity index (χ3v) is 4.39. The van der Waals surface area contributed by atoms with Crippen LogP contribution in [0.5, 0.6) is 5.75 Å². The van der Waals surface area contributed by atoms with Gasteiger partial charge in [-0.1, -0.05) is 41.7 Å². The first-order valence-corrected chi connectivity index (χ1v) is 8.38. The lowest BCUT2D eigenvalue weighted by Crippen LogP contribution is -2.37. The van der Waals surface area contributed by atoms with Gasteiger partial charge in [-0.2, -0.15) is 0 Å². The second-order valence-corrected chi connectivity index (χ2v) is 6.51. The van der Waals surface area contributed by atoms with E-state index < -0.39 is 18.3 Å². The predicted molar refractivity (Wildman–Crippen MR) is 93.1 cm³/mol. The minimum Gasteiger partial charge on any atom is -0.406 e. The van der Waals surface area contributed by atoms with Gasteiger partial charge >= 0.3 is 6.36 Å². The Kier molecular flexibility index (Phi) is 5.10. The van der Waals surface area contributed by atoms with Crippen LogP contribution in [-0.4, -0.2) is 23.3 Å². The number of fused-ring (bicyclic) bond motifs is 1. The fourth-order valence-corrected chi connectivity index (χ4v) is 3.21. The zero-order valence-electron chi connectivity index (χ0n) is 13.3. The second kappa shape index (κ2) is 7.30. The Morgan fingerprint density at radius 1 is 1.23 bits per heavy atom. The third-order valence-electron chi connectivity index (χ3n) is 3.46. The molecule has 5 nitrogen and oxygen atoms in total. The standard InChI is InChI=1S/C17H14F3N3O2S/c18-17(19,20)25-11-6-7-13-14(9-11)26-16(22-13)23-15(24)12(21)8-10-4-2-1-3-5-10/h1-7,9,12H,8,21H2,(H,22,23,24)/t12-/m1/s1. The number of nitrogens with one attached hydrogen (secondary N) is 1. The largest absolute Gasteiger partial charge is 0.573 e. The summed E-state index contributed by atoms with van der Waals surface area (Å²) in [7, 11) is 0. The second-order valence-electron chi connectivity index (χ2n) is 5.48. The van der Waals surface area contributed by atoms with E-state index in [0.29, 0.717) is 16.6 Å². The molecule has 0 spiro atoms. The summed E-state index contributed by atoms with van der Waals surface area (Å²) in [6.07, 6.45) is -4.40. The average Bonchev–Trinajstić information content (AvgIpc) is 2.95. The molecule has 0 saturated carbocycles. The van der Waals surface area contributed by atoms with Crippen molar-refractivity contribution in [3.8, 4) is 5.75 Å². The van der Waals surface area contributed by atoms with E-state index in [1.165, 1.54) is 18.2 Å². The molecule has 0 fully saturated rings. The minimum atomic E-state index is -4.76. The number of hydrogen-bond donors (Lipinski definition) is 2. The van der Waals surface area contributed by atoms with Crippen molar-refractivity contribution in [3.63, 3.8) is 0 Å². The van der Waals surface area contributed by atoms with E-state index in [0.717, 1.165) is 16.9 Å². The molecule has 3 N–H and O–H groups in total. The molecule has 136 valence electrons. The number of nitrogens with zero attached hydrogens (tertiary/aromatic N) is 1. The predicted octanol–water partition coefficient (Wildman–Crippen LogP) is 3.70. The number of nitrogens with two attached hydrogens (primary N) is 1. The molecule has 1 heterocycles. The van der Waals surface area contributed by atoms with Crippen LogP contribution in [-0.2, 0) is 11.2 Å².